The molecule has 0 aliphatic carbocycles. The zero-order valence-electron chi connectivity index (χ0n) is 13.0. The van der Waals surface area contributed by atoms with E-state index >= 15 is 0 Å². The van der Waals surface area contributed by atoms with Gasteiger partial charge in [0.2, 0.25) is 5.95 Å². The van der Waals surface area contributed by atoms with Crippen molar-refractivity contribution in [1.82, 2.24) is 35.0 Å². The second-order valence-electron chi connectivity index (χ2n) is 5.05. The third-order valence-corrected chi connectivity index (χ3v) is 3.20. The van der Waals surface area contributed by atoms with Crippen molar-refractivity contribution < 1.29 is 18.0 Å². The van der Waals surface area contributed by atoms with Crippen molar-refractivity contribution in [3.8, 4) is 5.82 Å². The Morgan fingerprint density at radius 3 is 2.56 bits per heavy atom. The van der Waals surface area contributed by atoms with Crippen LogP contribution in [0.15, 0.2) is 24.4 Å². The lowest BCUT2D eigenvalue weighted by Gasteiger charge is -2.12. The van der Waals surface area contributed by atoms with Gasteiger partial charge in [-0.15, -0.1) is 0 Å². The number of alkyl halides is 3. The molecule has 1 amide bonds. The van der Waals surface area contributed by atoms with Crippen LogP contribution in [-0.4, -0.2) is 40.9 Å². The lowest BCUT2D eigenvalue weighted by Crippen LogP contribution is -2.20. The molecule has 3 aromatic rings. The molecule has 0 fully saturated rings. The summed E-state index contributed by atoms with van der Waals surface area (Å²) in [5, 5.41) is 16.9. The molecule has 1 N–H and O–H groups in total. The SMILES string of the molecule is Cc1ccn(-c2nc(C(F)(F)F)ccc2C(=O)Nc2nnnn2C)n1. The first-order valence-electron chi connectivity index (χ1n) is 6.90. The van der Waals surface area contributed by atoms with Crippen molar-refractivity contribution in [1.29, 1.82) is 0 Å². The van der Waals surface area contributed by atoms with Crippen LogP contribution in [0.25, 0.3) is 5.82 Å². The number of aryl methyl sites for hydroxylation is 2. The predicted molar refractivity (Wildman–Crippen MR) is 77.8 cm³/mol. The first kappa shape index (κ1) is 16.5. The van der Waals surface area contributed by atoms with Gasteiger partial charge in [0, 0.05) is 13.2 Å². The highest BCUT2D eigenvalue weighted by Gasteiger charge is 2.34. The number of carbonyl (C=O) groups excluding carboxylic acids is 1. The molecule has 3 rings (SSSR count). The maximum Gasteiger partial charge on any atom is 0.433 e. The molecule has 0 saturated carbocycles. The number of halogens is 3. The summed E-state index contributed by atoms with van der Waals surface area (Å²) in [4.78, 5) is 16.0. The van der Waals surface area contributed by atoms with Gasteiger partial charge in [-0.3, -0.25) is 10.1 Å². The van der Waals surface area contributed by atoms with Crippen molar-refractivity contribution in [3.05, 3.63) is 41.3 Å². The molecule has 9 nitrogen and oxygen atoms in total. The summed E-state index contributed by atoms with van der Waals surface area (Å²) in [5.74, 6) is -0.940. The average molecular weight is 352 g/mol. The Morgan fingerprint density at radius 2 is 2.00 bits per heavy atom. The maximum atomic E-state index is 13.0. The number of anilines is 1. The third kappa shape index (κ3) is 3.32. The van der Waals surface area contributed by atoms with Gasteiger partial charge in [-0.2, -0.15) is 18.3 Å². The van der Waals surface area contributed by atoms with Crippen molar-refractivity contribution >= 4 is 11.9 Å². The minimum Gasteiger partial charge on any atom is -0.289 e. The van der Waals surface area contributed by atoms with E-state index in [2.05, 4.69) is 30.9 Å². The average Bonchev–Trinajstić information content (AvgIpc) is 3.15. The normalized spacial score (nSPS) is 11.6. The second-order valence-corrected chi connectivity index (χ2v) is 5.05. The van der Waals surface area contributed by atoms with Crippen molar-refractivity contribution in [3.63, 3.8) is 0 Å². The third-order valence-electron chi connectivity index (χ3n) is 3.20. The first-order valence-corrected chi connectivity index (χ1v) is 6.90. The van der Waals surface area contributed by atoms with Crippen molar-refractivity contribution in [2.75, 3.05) is 5.32 Å². The zero-order valence-corrected chi connectivity index (χ0v) is 13.0. The Bertz CT molecular complexity index is 929. The van der Waals surface area contributed by atoms with E-state index in [4.69, 9.17) is 0 Å². The van der Waals surface area contributed by atoms with Crippen LogP contribution in [0.4, 0.5) is 19.1 Å². The van der Waals surface area contributed by atoms with E-state index in [0.717, 1.165) is 16.8 Å². The minimum atomic E-state index is -4.65. The Hall–Kier alpha value is -3.31. The van der Waals surface area contributed by atoms with E-state index in [1.54, 1.807) is 13.0 Å². The summed E-state index contributed by atoms with van der Waals surface area (Å²) in [5.41, 5.74) is -0.685. The van der Waals surface area contributed by atoms with E-state index in [1.807, 2.05) is 0 Å². The molecule has 0 spiro atoms. The van der Waals surface area contributed by atoms with Crippen LogP contribution in [-0.2, 0) is 13.2 Å². The number of tetrazole rings is 1. The van der Waals surface area contributed by atoms with Crippen LogP contribution in [0.3, 0.4) is 0 Å². The molecule has 130 valence electrons. The van der Waals surface area contributed by atoms with Gasteiger partial charge in [0.15, 0.2) is 5.82 Å². The summed E-state index contributed by atoms with van der Waals surface area (Å²) in [6.45, 7) is 1.66. The number of hydrogen-bond donors (Lipinski definition) is 1. The van der Waals surface area contributed by atoms with Crippen molar-refractivity contribution in [2.24, 2.45) is 7.05 Å². The fourth-order valence-corrected chi connectivity index (χ4v) is 2.00. The number of nitrogens with zero attached hydrogens (tertiary/aromatic N) is 7. The van der Waals surface area contributed by atoms with Gasteiger partial charge in [0.1, 0.15) is 5.69 Å². The number of nitrogens with one attached hydrogen (secondary N) is 1. The molecule has 3 heterocycles. The lowest BCUT2D eigenvalue weighted by molar-refractivity contribution is -0.141. The quantitative estimate of drug-likeness (QED) is 0.764. The van der Waals surface area contributed by atoms with Crippen LogP contribution in [0.2, 0.25) is 0 Å². The van der Waals surface area contributed by atoms with Crippen LogP contribution >= 0.6 is 0 Å². The van der Waals surface area contributed by atoms with E-state index < -0.39 is 17.8 Å². The van der Waals surface area contributed by atoms with Gasteiger partial charge in [-0.25, -0.2) is 14.3 Å². The highest BCUT2D eigenvalue weighted by Crippen LogP contribution is 2.29. The standard InChI is InChI=1S/C13H11F3N8O/c1-7-5-6-24(20-7)10-8(3-4-9(17-10)13(14,15)16)11(25)18-12-19-21-22-23(12)2/h3-6H,1-2H3,(H,18,19,22,25). The summed E-state index contributed by atoms with van der Waals surface area (Å²) in [6, 6.07) is 3.33. The fourth-order valence-electron chi connectivity index (χ4n) is 2.00. The minimum absolute atomic E-state index is 0.0347. The molecule has 0 aromatic carbocycles. The summed E-state index contributed by atoms with van der Waals surface area (Å²) in [7, 11) is 1.50. The number of hydrogen-bond acceptors (Lipinski definition) is 6. The number of pyridine rings is 1. The number of rotatable bonds is 3. The van der Waals surface area contributed by atoms with Gasteiger partial charge >= 0.3 is 6.18 Å². The highest BCUT2D eigenvalue weighted by atomic mass is 19.4. The van der Waals surface area contributed by atoms with Crippen molar-refractivity contribution in [2.45, 2.75) is 13.1 Å². The molecule has 0 bridgehead atoms. The molecular formula is C13H11F3N8O. The smallest absolute Gasteiger partial charge is 0.289 e. The van der Waals surface area contributed by atoms with Gasteiger partial charge in [-0.05, 0) is 35.5 Å². The summed E-state index contributed by atoms with van der Waals surface area (Å²) in [6.07, 6.45) is -3.24. The molecule has 0 unspecified atom stereocenters. The van der Waals surface area contributed by atoms with Gasteiger partial charge < -0.3 is 0 Å². The summed E-state index contributed by atoms with van der Waals surface area (Å²) >= 11 is 0. The topological polar surface area (TPSA) is 103 Å². The van der Waals surface area contributed by atoms with E-state index in [1.165, 1.54) is 17.9 Å². The molecule has 0 aliphatic heterocycles. The number of carbonyl (C=O) groups is 1. The Labute approximate surface area is 138 Å². The van der Waals surface area contributed by atoms with Crippen LogP contribution < -0.4 is 5.32 Å². The number of aromatic nitrogens is 7. The molecule has 0 saturated heterocycles. The lowest BCUT2D eigenvalue weighted by atomic mass is 10.2. The molecule has 25 heavy (non-hydrogen) atoms. The van der Waals surface area contributed by atoms with E-state index in [9.17, 15) is 18.0 Å². The maximum absolute atomic E-state index is 13.0. The molecule has 12 heteroatoms. The monoisotopic (exact) mass is 352 g/mol. The second kappa shape index (κ2) is 5.96. The molecule has 0 aliphatic rings. The predicted octanol–water partition coefficient (Wildman–Crippen LogP) is 1.37. The Balaban J connectivity index is 2.06. The first-order chi connectivity index (χ1) is 11.8. The Kier molecular flexibility index (Phi) is 3.94. The Morgan fingerprint density at radius 1 is 1.24 bits per heavy atom. The van der Waals surface area contributed by atoms with Crippen LogP contribution in [0.5, 0.6) is 0 Å². The molecular weight excluding hydrogens is 341 g/mol. The molecule has 0 radical (unpaired) electrons. The van der Waals surface area contributed by atoms with Gasteiger partial charge in [0.05, 0.1) is 11.3 Å². The van der Waals surface area contributed by atoms with Crippen LogP contribution in [0, 0.1) is 6.92 Å². The van der Waals surface area contributed by atoms with Gasteiger partial charge in [0.25, 0.3) is 5.91 Å². The fraction of sp³-hybridized carbons (Fsp3) is 0.231. The molecule has 0 atom stereocenters. The van der Waals surface area contributed by atoms with E-state index in [-0.39, 0.29) is 17.3 Å². The van der Waals surface area contributed by atoms with Crippen LogP contribution in [0.1, 0.15) is 21.7 Å². The largest absolute Gasteiger partial charge is 0.433 e. The molecule has 3 aromatic heterocycles. The number of amides is 1. The van der Waals surface area contributed by atoms with Gasteiger partial charge in [-0.1, -0.05) is 5.10 Å². The summed E-state index contributed by atoms with van der Waals surface area (Å²) < 4.78 is 41.2. The zero-order chi connectivity index (χ0) is 18.2. The van der Waals surface area contributed by atoms with E-state index in [0.29, 0.717) is 5.69 Å². The highest BCUT2D eigenvalue weighted by molar-refractivity contribution is 6.05.